The van der Waals surface area contributed by atoms with Crippen molar-refractivity contribution in [3.8, 4) is 0 Å². The third-order valence-corrected chi connectivity index (χ3v) is 5.24. The molecule has 7 heteroatoms. The molecule has 0 unspecified atom stereocenters. The molecular weight excluding hydrogens is 346 g/mol. The van der Waals surface area contributed by atoms with E-state index in [1.807, 2.05) is 6.92 Å². The molecule has 112 valence electrons. The quantitative estimate of drug-likeness (QED) is 0.779. The molecule has 1 rings (SSSR count). The van der Waals surface area contributed by atoms with Crippen LogP contribution in [0.3, 0.4) is 0 Å². The van der Waals surface area contributed by atoms with E-state index in [9.17, 15) is 13.2 Å². The Kier molecular flexibility index (Phi) is 6.16. The van der Waals surface area contributed by atoms with E-state index in [1.54, 1.807) is 13.0 Å². The van der Waals surface area contributed by atoms with Gasteiger partial charge in [-0.3, -0.25) is 4.79 Å². The summed E-state index contributed by atoms with van der Waals surface area (Å²) in [6.07, 6.45) is 1.74. The Morgan fingerprint density at radius 2 is 2.10 bits per heavy atom. The lowest BCUT2D eigenvalue weighted by molar-refractivity contribution is -0.139. The van der Waals surface area contributed by atoms with E-state index >= 15 is 0 Å². The van der Waals surface area contributed by atoms with Crippen molar-refractivity contribution < 1.29 is 18.3 Å². The third-order valence-electron chi connectivity index (χ3n) is 2.88. The fourth-order valence-corrected chi connectivity index (χ4v) is 3.24. The molecule has 20 heavy (non-hydrogen) atoms. The summed E-state index contributed by atoms with van der Waals surface area (Å²) in [5.41, 5.74) is 0.772. The molecule has 0 aliphatic carbocycles. The van der Waals surface area contributed by atoms with Crippen molar-refractivity contribution in [2.24, 2.45) is 0 Å². The SMILES string of the molecule is CCCC[C@H](NS(=O)(=O)c1ccc(Br)c(C)c1)C(=O)O. The number of unbranched alkanes of at least 4 members (excludes halogenated alkanes) is 1. The molecular formula is C13H18BrNO4S. The summed E-state index contributed by atoms with van der Waals surface area (Å²) < 4.78 is 27.4. The first-order valence-electron chi connectivity index (χ1n) is 6.29. The second-order valence-electron chi connectivity index (χ2n) is 4.57. The maximum absolute atomic E-state index is 12.2. The number of carboxylic acids is 1. The monoisotopic (exact) mass is 363 g/mol. The molecule has 5 nitrogen and oxygen atoms in total. The van der Waals surface area contributed by atoms with E-state index in [0.717, 1.165) is 16.5 Å². The van der Waals surface area contributed by atoms with E-state index in [2.05, 4.69) is 20.7 Å². The Labute approximate surface area is 127 Å². The molecule has 1 atom stereocenters. The van der Waals surface area contributed by atoms with Crippen LogP contribution in [-0.2, 0) is 14.8 Å². The van der Waals surface area contributed by atoms with Crippen LogP contribution in [-0.4, -0.2) is 25.5 Å². The number of benzene rings is 1. The molecule has 0 aromatic heterocycles. The summed E-state index contributed by atoms with van der Waals surface area (Å²) in [6.45, 7) is 3.69. The van der Waals surface area contributed by atoms with Crippen LogP contribution in [0.2, 0.25) is 0 Å². The fraction of sp³-hybridized carbons (Fsp3) is 0.462. The minimum atomic E-state index is -3.83. The van der Waals surface area contributed by atoms with Gasteiger partial charge in [-0.05, 0) is 37.1 Å². The molecule has 0 radical (unpaired) electrons. The number of carbonyl (C=O) groups is 1. The molecule has 0 saturated heterocycles. The minimum Gasteiger partial charge on any atom is -0.480 e. The summed E-state index contributed by atoms with van der Waals surface area (Å²) in [5, 5.41) is 9.07. The average molecular weight is 364 g/mol. The van der Waals surface area contributed by atoms with Crippen LogP contribution in [0.15, 0.2) is 27.6 Å². The van der Waals surface area contributed by atoms with Crippen LogP contribution >= 0.6 is 15.9 Å². The largest absolute Gasteiger partial charge is 0.480 e. The third kappa shape index (κ3) is 4.57. The molecule has 0 aliphatic rings. The summed E-state index contributed by atoms with van der Waals surface area (Å²) in [4.78, 5) is 11.2. The highest BCUT2D eigenvalue weighted by molar-refractivity contribution is 9.10. The maximum atomic E-state index is 12.2. The summed E-state index contributed by atoms with van der Waals surface area (Å²) in [5.74, 6) is -1.16. The lowest BCUT2D eigenvalue weighted by Crippen LogP contribution is -2.40. The Morgan fingerprint density at radius 1 is 1.45 bits per heavy atom. The first-order chi connectivity index (χ1) is 9.27. The lowest BCUT2D eigenvalue weighted by atomic mass is 10.1. The average Bonchev–Trinajstić information content (AvgIpc) is 2.37. The Morgan fingerprint density at radius 3 is 2.60 bits per heavy atom. The molecule has 1 aromatic carbocycles. The molecule has 0 fully saturated rings. The second kappa shape index (κ2) is 7.19. The highest BCUT2D eigenvalue weighted by Crippen LogP contribution is 2.20. The van der Waals surface area contributed by atoms with Crippen LogP contribution < -0.4 is 4.72 Å². The maximum Gasteiger partial charge on any atom is 0.321 e. The van der Waals surface area contributed by atoms with Gasteiger partial charge in [-0.1, -0.05) is 35.7 Å². The smallest absolute Gasteiger partial charge is 0.321 e. The van der Waals surface area contributed by atoms with Gasteiger partial charge in [0, 0.05) is 4.47 Å². The number of sulfonamides is 1. The minimum absolute atomic E-state index is 0.0703. The number of halogens is 1. The van der Waals surface area contributed by atoms with Crippen LogP contribution in [0.25, 0.3) is 0 Å². The van der Waals surface area contributed by atoms with Crippen LogP contribution in [0, 0.1) is 6.92 Å². The van der Waals surface area contributed by atoms with Gasteiger partial charge in [0.25, 0.3) is 0 Å². The number of aryl methyl sites for hydroxylation is 1. The van der Waals surface area contributed by atoms with Crippen molar-refractivity contribution in [2.75, 3.05) is 0 Å². The molecule has 1 aromatic rings. The molecule has 0 spiro atoms. The van der Waals surface area contributed by atoms with Gasteiger partial charge in [0.05, 0.1) is 4.90 Å². The van der Waals surface area contributed by atoms with E-state index in [0.29, 0.717) is 6.42 Å². The van der Waals surface area contributed by atoms with Crippen molar-refractivity contribution in [3.63, 3.8) is 0 Å². The molecule has 0 saturated carbocycles. The summed E-state index contributed by atoms with van der Waals surface area (Å²) in [7, 11) is -3.83. The number of hydrogen-bond donors (Lipinski definition) is 2. The Bertz CT molecular complexity index is 586. The molecule has 0 aliphatic heterocycles. The highest BCUT2D eigenvalue weighted by atomic mass is 79.9. The van der Waals surface area contributed by atoms with Gasteiger partial charge in [0.15, 0.2) is 0 Å². The van der Waals surface area contributed by atoms with Gasteiger partial charge in [-0.2, -0.15) is 4.72 Å². The molecule has 2 N–H and O–H groups in total. The highest BCUT2D eigenvalue weighted by Gasteiger charge is 2.25. The predicted molar refractivity (Wildman–Crippen MR) is 80.1 cm³/mol. The number of nitrogens with one attached hydrogen (secondary N) is 1. The first kappa shape index (κ1) is 17.1. The van der Waals surface area contributed by atoms with Gasteiger partial charge in [-0.25, -0.2) is 8.42 Å². The van der Waals surface area contributed by atoms with Crippen molar-refractivity contribution >= 4 is 31.9 Å². The first-order valence-corrected chi connectivity index (χ1v) is 8.57. The number of aliphatic carboxylic acids is 1. The summed E-state index contributed by atoms with van der Waals surface area (Å²) in [6, 6.07) is 3.48. The molecule has 0 amide bonds. The number of carboxylic acid groups (broad SMARTS) is 1. The predicted octanol–water partition coefficient (Wildman–Crippen LogP) is 2.68. The van der Waals surface area contributed by atoms with Crippen molar-refractivity contribution in [3.05, 3.63) is 28.2 Å². The zero-order valence-corrected chi connectivity index (χ0v) is 13.8. The standard InChI is InChI=1S/C13H18BrNO4S/c1-3-4-5-12(13(16)17)15-20(18,19)10-6-7-11(14)9(2)8-10/h6-8,12,15H,3-5H2,1-2H3,(H,16,17)/t12-/m0/s1. The van der Waals surface area contributed by atoms with Gasteiger partial charge in [-0.15, -0.1) is 0 Å². The van der Waals surface area contributed by atoms with Gasteiger partial charge >= 0.3 is 5.97 Å². The Hall–Kier alpha value is -0.920. The normalized spacial score (nSPS) is 13.2. The topological polar surface area (TPSA) is 83.5 Å². The number of rotatable bonds is 7. The molecule has 0 bridgehead atoms. The van der Waals surface area contributed by atoms with Crippen molar-refractivity contribution in [1.82, 2.24) is 4.72 Å². The van der Waals surface area contributed by atoms with Crippen LogP contribution in [0.4, 0.5) is 0 Å². The van der Waals surface area contributed by atoms with Gasteiger partial charge in [0.1, 0.15) is 6.04 Å². The van der Waals surface area contributed by atoms with Crippen molar-refractivity contribution in [1.29, 1.82) is 0 Å². The zero-order valence-electron chi connectivity index (χ0n) is 11.4. The van der Waals surface area contributed by atoms with Gasteiger partial charge < -0.3 is 5.11 Å². The van der Waals surface area contributed by atoms with E-state index in [4.69, 9.17) is 5.11 Å². The Balaban J connectivity index is 2.97. The zero-order chi connectivity index (χ0) is 15.3. The summed E-state index contributed by atoms with van der Waals surface area (Å²) >= 11 is 3.30. The van der Waals surface area contributed by atoms with E-state index in [1.165, 1.54) is 12.1 Å². The lowest BCUT2D eigenvalue weighted by Gasteiger charge is -2.15. The number of hydrogen-bond acceptors (Lipinski definition) is 3. The van der Waals surface area contributed by atoms with E-state index in [-0.39, 0.29) is 11.3 Å². The molecule has 0 heterocycles. The fourth-order valence-electron chi connectivity index (χ4n) is 1.68. The van der Waals surface area contributed by atoms with Gasteiger partial charge in [0.2, 0.25) is 10.0 Å². The van der Waals surface area contributed by atoms with E-state index < -0.39 is 22.0 Å². The van der Waals surface area contributed by atoms with Crippen LogP contribution in [0.5, 0.6) is 0 Å². The van der Waals surface area contributed by atoms with Crippen LogP contribution in [0.1, 0.15) is 31.7 Å². The second-order valence-corrected chi connectivity index (χ2v) is 7.13. The van der Waals surface area contributed by atoms with Crippen molar-refractivity contribution in [2.45, 2.75) is 44.0 Å².